The molecule has 154 valence electrons. The van der Waals surface area contributed by atoms with Crippen LogP contribution in [0.3, 0.4) is 0 Å². The van der Waals surface area contributed by atoms with Crippen molar-refractivity contribution in [3.05, 3.63) is 71.8 Å². The smallest absolute Gasteiger partial charge is 0.338 e. The van der Waals surface area contributed by atoms with Crippen LogP contribution in [0.1, 0.15) is 41.5 Å². The van der Waals surface area contributed by atoms with E-state index in [0.717, 1.165) is 0 Å². The molecule has 1 unspecified atom stereocenters. The van der Waals surface area contributed by atoms with Crippen molar-refractivity contribution in [2.24, 2.45) is 0 Å². The molecular weight excluding hydrogens is 376 g/mol. The molecule has 1 saturated heterocycles. The third-order valence-corrected chi connectivity index (χ3v) is 4.92. The quantitative estimate of drug-likeness (QED) is 0.743. The Morgan fingerprint density at radius 1 is 0.966 bits per heavy atom. The molecule has 3 rings (SSSR count). The molecule has 0 spiro atoms. The van der Waals surface area contributed by atoms with Crippen LogP contribution < -0.4 is 0 Å². The molecule has 0 radical (unpaired) electrons. The maximum absolute atomic E-state index is 12.5. The molecule has 2 aromatic carbocycles. The first-order valence-corrected chi connectivity index (χ1v) is 9.23. The second-order valence-corrected chi connectivity index (χ2v) is 7.69. The lowest BCUT2D eigenvalue weighted by atomic mass is 9.89. The Labute approximate surface area is 168 Å². The highest BCUT2D eigenvalue weighted by molar-refractivity contribution is 5.90. The molecule has 0 saturated carbocycles. The van der Waals surface area contributed by atoms with Gasteiger partial charge >= 0.3 is 11.9 Å². The van der Waals surface area contributed by atoms with E-state index in [4.69, 9.17) is 14.2 Å². The van der Waals surface area contributed by atoms with E-state index < -0.39 is 41.6 Å². The fraction of sp³-hybridized carbons (Fsp3) is 0.364. The Morgan fingerprint density at radius 2 is 1.45 bits per heavy atom. The van der Waals surface area contributed by atoms with E-state index >= 15 is 0 Å². The fourth-order valence-corrected chi connectivity index (χ4v) is 3.19. The van der Waals surface area contributed by atoms with Crippen LogP contribution in [0.25, 0.3) is 0 Å². The summed E-state index contributed by atoms with van der Waals surface area (Å²) >= 11 is 0. The lowest BCUT2D eigenvalue weighted by Crippen LogP contribution is -2.53. The van der Waals surface area contributed by atoms with Crippen molar-refractivity contribution in [3.63, 3.8) is 0 Å². The van der Waals surface area contributed by atoms with E-state index in [1.807, 2.05) is 0 Å². The van der Waals surface area contributed by atoms with Crippen molar-refractivity contribution in [2.45, 2.75) is 50.5 Å². The van der Waals surface area contributed by atoms with Crippen LogP contribution in [0, 0.1) is 0 Å². The lowest BCUT2D eigenvalue weighted by Gasteiger charge is -2.35. The number of aliphatic hydroxyl groups excluding tert-OH is 1. The second kappa shape index (κ2) is 7.94. The molecule has 29 heavy (non-hydrogen) atoms. The third-order valence-electron chi connectivity index (χ3n) is 4.92. The summed E-state index contributed by atoms with van der Waals surface area (Å²) in [7, 11) is 0. The Kier molecular flexibility index (Phi) is 5.75. The maximum atomic E-state index is 12.5. The monoisotopic (exact) mass is 400 g/mol. The van der Waals surface area contributed by atoms with Crippen molar-refractivity contribution >= 4 is 11.9 Å². The van der Waals surface area contributed by atoms with E-state index in [0.29, 0.717) is 5.56 Å². The summed E-state index contributed by atoms with van der Waals surface area (Å²) in [6.45, 7) is 4.43. The van der Waals surface area contributed by atoms with Gasteiger partial charge in [0.2, 0.25) is 0 Å². The summed E-state index contributed by atoms with van der Waals surface area (Å²) in [5.74, 6) is -1.29. The molecule has 2 aromatic rings. The van der Waals surface area contributed by atoms with E-state index in [1.165, 1.54) is 6.92 Å². The van der Waals surface area contributed by atoms with Gasteiger partial charge in [0.1, 0.15) is 11.7 Å². The predicted molar refractivity (Wildman–Crippen MR) is 103 cm³/mol. The summed E-state index contributed by atoms with van der Waals surface area (Å²) in [6.07, 6.45) is -4.01. The summed E-state index contributed by atoms with van der Waals surface area (Å²) in [4.78, 5) is 25.0. The van der Waals surface area contributed by atoms with Gasteiger partial charge in [0.15, 0.2) is 18.0 Å². The number of carbonyl (C=O) groups is 2. The zero-order chi connectivity index (χ0) is 21.2. The van der Waals surface area contributed by atoms with Crippen LogP contribution in [0.2, 0.25) is 0 Å². The van der Waals surface area contributed by atoms with Gasteiger partial charge in [0.25, 0.3) is 0 Å². The first-order valence-electron chi connectivity index (χ1n) is 9.23. The molecule has 1 fully saturated rings. The molecule has 0 amide bonds. The van der Waals surface area contributed by atoms with Gasteiger partial charge in [-0.3, -0.25) is 0 Å². The minimum atomic E-state index is -1.90. The second-order valence-electron chi connectivity index (χ2n) is 7.69. The molecule has 7 nitrogen and oxygen atoms in total. The number of carbonyl (C=O) groups excluding carboxylic acids is 2. The van der Waals surface area contributed by atoms with Gasteiger partial charge in [-0.05, 0) is 45.0 Å². The largest absolute Gasteiger partial charge is 0.453 e. The number of esters is 2. The number of ether oxygens (including phenoxy) is 3. The lowest BCUT2D eigenvalue weighted by molar-refractivity contribution is -0.183. The molecule has 7 heteroatoms. The van der Waals surface area contributed by atoms with Crippen molar-refractivity contribution in [3.8, 4) is 0 Å². The Balaban J connectivity index is 1.83. The van der Waals surface area contributed by atoms with Gasteiger partial charge in [-0.15, -0.1) is 0 Å². The van der Waals surface area contributed by atoms with Gasteiger partial charge in [-0.25, -0.2) is 9.59 Å². The van der Waals surface area contributed by atoms with Gasteiger partial charge in [0.05, 0.1) is 11.1 Å². The molecule has 0 aliphatic carbocycles. The van der Waals surface area contributed by atoms with Crippen molar-refractivity contribution in [2.75, 3.05) is 0 Å². The summed E-state index contributed by atoms with van der Waals surface area (Å²) in [5, 5.41) is 20.9. The highest BCUT2D eigenvalue weighted by Gasteiger charge is 2.60. The Hall–Kier alpha value is -2.74. The first kappa shape index (κ1) is 21.0. The highest BCUT2D eigenvalue weighted by atomic mass is 16.7. The molecule has 1 aliphatic heterocycles. The number of hydrogen-bond donors (Lipinski definition) is 2. The number of hydrogen-bond acceptors (Lipinski definition) is 7. The molecule has 4 atom stereocenters. The maximum Gasteiger partial charge on any atom is 0.338 e. The van der Waals surface area contributed by atoms with Crippen LogP contribution in [-0.2, 0) is 14.2 Å². The van der Waals surface area contributed by atoms with E-state index in [2.05, 4.69) is 0 Å². The average Bonchev–Trinajstić information content (AvgIpc) is 2.93. The first-order chi connectivity index (χ1) is 13.6. The SMILES string of the molecule is CC(C)(OC(=O)c1ccccc1)[C@H]1OC(O)[C@](C)(O)[C@@H]1OC(=O)c1ccccc1. The molecule has 2 N–H and O–H groups in total. The van der Waals surface area contributed by atoms with Crippen LogP contribution in [-0.4, -0.2) is 51.9 Å². The molecule has 1 heterocycles. The van der Waals surface area contributed by atoms with Gasteiger partial charge in [-0.2, -0.15) is 0 Å². The highest BCUT2D eigenvalue weighted by Crippen LogP contribution is 2.39. The van der Waals surface area contributed by atoms with Crippen molar-refractivity contribution in [1.29, 1.82) is 0 Å². The zero-order valence-corrected chi connectivity index (χ0v) is 16.4. The minimum Gasteiger partial charge on any atom is -0.453 e. The zero-order valence-electron chi connectivity index (χ0n) is 16.4. The van der Waals surface area contributed by atoms with Crippen molar-refractivity contribution < 1.29 is 34.0 Å². The Morgan fingerprint density at radius 3 is 1.97 bits per heavy atom. The third kappa shape index (κ3) is 4.32. The van der Waals surface area contributed by atoms with Crippen LogP contribution in [0.5, 0.6) is 0 Å². The minimum absolute atomic E-state index is 0.280. The predicted octanol–water partition coefficient (Wildman–Crippen LogP) is 2.32. The van der Waals surface area contributed by atoms with E-state index in [-0.39, 0.29) is 5.56 Å². The molecule has 0 aromatic heterocycles. The van der Waals surface area contributed by atoms with Crippen LogP contribution in [0.4, 0.5) is 0 Å². The normalized spacial score (nSPS) is 26.7. The van der Waals surface area contributed by atoms with Gasteiger partial charge in [0, 0.05) is 0 Å². The van der Waals surface area contributed by atoms with Crippen molar-refractivity contribution in [1.82, 2.24) is 0 Å². The van der Waals surface area contributed by atoms with Crippen LogP contribution in [0.15, 0.2) is 60.7 Å². The average molecular weight is 400 g/mol. The van der Waals surface area contributed by atoms with E-state index in [9.17, 15) is 19.8 Å². The number of rotatable bonds is 5. The molecule has 1 aliphatic rings. The summed E-state index contributed by atoms with van der Waals surface area (Å²) in [6, 6.07) is 16.6. The Bertz CT molecular complexity index is 861. The summed E-state index contributed by atoms with van der Waals surface area (Å²) in [5.41, 5.74) is -2.60. The van der Waals surface area contributed by atoms with Gasteiger partial charge < -0.3 is 24.4 Å². The van der Waals surface area contributed by atoms with Crippen LogP contribution >= 0.6 is 0 Å². The number of aliphatic hydroxyl groups is 2. The standard InChI is InChI=1S/C22H24O7/c1-21(2,29-19(24)15-12-8-5-9-13-15)16-17(22(3,26)20(25)28-16)27-18(23)14-10-6-4-7-11-14/h4-13,16-17,20,25-26H,1-3H3/t16-,17+,20?,22+/m0/s1. The summed E-state index contributed by atoms with van der Waals surface area (Å²) < 4.78 is 16.6. The fourth-order valence-electron chi connectivity index (χ4n) is 3.19. The van der Waals surface area contributed by atoms with Gasteiger partial charge in [-0.1, -0.05) is 36.4 Å². The number of benzene rings is 2. The topological polar surface area (TPSA) is 102 Å². The van der Waals surface area contributed by atoms with E-state index in [1.54, 1.807) is 74.5 Å². The molecular formula is C22H24O7. The molecule has 0 bridgehead atoms.